The molecular formula is C16H27FN2. The molecule has 0 saturated heterocycles. The van der Waals surface area contributed by atoms with Gasteiger partial charge in [-0.25, -0.2) is 4.39 Å². The van der Waals surface area contributed by atoms with Crippen molar-refractivity contribution in [2.45, 2.75) is 45.6 Å². The monoisotopic (exact) mass is 266 g/mol. The summed E-state index contributed by atoms with van der Waals surface area (Å²) in [6.07, 6.45) is 3.24. The van der Waals surface area contributed by atoms with Gasteiger partial charge < -0.3 is 5.73 Å². The molecule has 0 saturated carbocycles. The van der Waals surface area contributed by atoms with Crippen molar-refractivity contribution >= 4 is 0 Å². The number of benzene rings is 1. The Kier molecular flexibility index (Phi) is 6.46. The third-order valence-corrected chi connectivity index (χ3v) is 3.86. The predicted molar refractivity (Wildman–Crippen MR) is 79.7 cm³/mol. The first-order valence-electron chi connectivity index (χ1n) is 7.25. The van der Waals surface area contributed by atoms with Crippen LogP contribution in [-0.2, 0) is 6.42 Å². The molecule has 1 unspecified atom stereocenters. The molecule has 1 aromatic carbocycles. The Labute approximate surface area is 116 Å². The highest BCUT2D eigenvalue weighted by Crippen LogP contribution is 2.21. The summed E-state index contributed by atoms with van der Waals surface area (Å²) < 4.78 is 13.0. The van der Waals surface area contributed by atoms with Gasteiger partial charge in [-0.05, 0) is 50.6 Å². The summed E-state index contributed by atoms with van der Waals surface area (Å²) in [7, 11) is 0. The molecule has 1 atom stereocenters. The minimum absolute atomic E-state index is 0.0538. The average Bonchev–Trinajstić information content (AvgIpc) is 2.42. The zero-order valence-electron chi connectivity index (χ0n) is 12.5. The smallest absolute Gasteiger partial charge is 0.123 e. The van der Waals surface area contributed by atoms with Crippen molar-refractivity contribution in [3.63, 3.8) is 0 Å². The second-order valence-electron chi connectivity index (χ2n) is 5.44. The molecule has 0 aliphatic rings. The number of nitrogens with two attached hydrogens (primary N) is 1. The minimum Gasteiger partial charge on any atom is -0.329 e. The van der Waals surface area contributed by atoms with Crippen molar-refractivity contribution < 1.29 is 4.39 Å². The second-order valence-corrected chi connectivity index (χ2v) is 5.44. The molecule has 0 aliphatic heterocycles. The van der Waals surface area contributed by atoms with Gasteiger partial charge in [0.1, 0.15) is 5.82 Å². The molecule has 2 N–H and O–H groups in total. The average molecular weight is 266 g/mol. The molecule has 0 radical (unpaired) electrons. The standard InChI is InChI=1S/C16H27FN2/c1-4-6-11-19(5-2)16(3,13-18)12-14-7-9-15(17)10-8-14/h7-10H,4-6,11-13,18H2,1-3H3. The Morgan fingerprint density at radius 2 is 1.84 bits per heavy atom. The first kappa shape index (κ1) is 16.1. The molecule has 0 spiro atoms. The predicted octanol–water partition coefficient (Wildman–Crippen LogP) is 3.21. The number of unbranched alkanes of at least 4 members (excludes halogenated alkanes) is 1. The highest BCUT2D eigenvalue weighted by molar-refractivity contribution is 5.19. The molecule has 0 aromatic heterocycles. The number of hydrogen-bond donors (Lipinski definition) is 1. The van der Waals surface area contributed by atoms with E-state index in [2.05, 4.69) is 25.7 Å². The lowest BCUT2D eigenvalue weighted by atomic mass is 9.90. The fourth-order valence-corrected chi connectivity index (χ4v) is 2.51. The van der Waals surface area contributed by atoms with Crippen LogP contribution >= 0.6 is 0 Å². The molecule has 0 bridgehead atoms. The third-order valence-electron chi connectivity index (χ3n) is 3.86. The third kappa shape index (κ3) is 4.59. The van der Waals surface area contributed by atoms with E-state index in [1.54, 1.807) is 0 Å². The van der Waals surface area contributed by atoms with Gasteiger partial charge in [-0.3, -0.25) is 4.90 Å². The lowest BCUT2D eigenvalue weighted by molar-refractivity contribution is 0.115. The summed E-state index contributed by atoms with van der Waals surface area (Å²) in [6.45, 7) is 9.26. The molecule has 0 fully saturated rings. The second kappa shape index (κ2) is 7.61. The van der Waals surface area contributed by atoms with Crippen LogP contribution in [0.2, 0.25) is 0 Å². The van der Waals surface area contributed by atoms with Gasteiger partial charge >= 0.3 is 0 Å². The number of nitrogens with zero attached hydrogens (tertiary/aromatic N) is 1. The molecule has 0 heterocycles. The van der Waals surface area contributed by atoms with Gasteiger partial charge in [-0.15, -0.1) is 0 Å². The highest BCUT2D eigenvalue weighted by Gasteiger charge is 2.29. The van der Waals surface area contributed by atoms with Gasteiger partial charge in [0.15, 0.2) is 0 Å². The van der Waals surface area contributed by atoms with Gasteiger partial charge in [0, 0.05) is 12.1 Å². The minimum atomic E-state index is -0.184. The maximum absolute atomic E-state index is 13.0. The fourth-order valence-electron chi connectivity index (χ4n) is 2.51. The van der Waals surface area contributed by atoms with Crippen molar-refractivity contribution in [3.8, 4) is 0 Å². The van der Waals surface area contributed by atoms with Crippen LogP contribution in [-0.4, -0.2) is 30.1 Å². The zero-order valence-corrected chi connectivity index (χ0v) is 12.5. The van der Waals surface area contributed by atoms with Crippen molar-refractivity contribution in [2.24, 2.45) is 5.73 Å². The van der Waals surface area contributed by atoms with Crippen LogP contribution < -0.4 is 5.73 Å². The summed E-state index contributed by atoms with van der Waals surface area (Å²) in [4.78, 5) is 2.44. The maximum Gasteiger partial charge on any atom is 0.123 e. The Morgan fingerprint density at radius 1 is 1.21 bits per heavy atom. The van der Waals surface area contributed by atoms with E-state index in [1.165, 1.54) is 25.0 Å². The van der Waals surface area contributed by atoms with Gasteiger partial charge in [-0.2, -0.15) is 0 Å². The molecule has 0 aliphatic carbocycles. The van der Waals surface area contributed by atoms with E-state index in [0.29, 0.717) is 6.54 Å². The number of hydrogen-bond acceptors (Lipinski definition) is 2. The van der Waals surface area contributed by atoms with Crippen molar-refractivity contribution in [1.29, 1.82) is 0 Å². The van der Waals surface area contributed by atoms with Crippen LogP contribution in [0.5, 0.6) is 0 Å². The lowest BCUT2D eigenvalue weighted by Crippen LogP contribution is -2.53. The summed E-state index contributed by atoms with van der Waals surface area (Å²) >= 11 is 0. The summed E-state index contributed by atoms with van der Waals surface area (Å²) in [6, 6.07) is 6.76. The zero-order chi connectivity index (χ0) is 14.3. The van der Waals surface area contributed by atoms with E-state index in [-0.39, 0.29) is 11.4 Å². The van der Waals surface area contributed by atoms with Gasteiger partial charge in [0.25, 0.3) is 0 Å². The van der Waals surface area contributed by atoms with E-state index in [9.17, 15) is 4.39 Å². The Balaban J connectivity index is 2.79. The van der Waals surface area contributed by atoms with Crippen LogP contribution in [0.3, 0.4) is 0 Å². The maximum atomic E-state index is 13.0. The first-order chi connectivity index (χ1) is 9.05. The molecule has 108 valence electrons. The number of likely N-dealkylation sites (N-methyl/N-ethyl adjacent to an activating group) is 1. The summed E-state index contributed by atoms with van der Waals surface area (Å²) in [5, 5.41) is 0. The number of halogens is 1. The Bertz CT molecular complexity index is 364. The van der Waals surface area contributed by atoms with Gasteiger partial charge in [0.05, 0.1) is 0 Å². The van der Waals surface area contributed by atoms with Crippen LogP contribution in [0.25, 0.3) is 0 Å². The topological polar surface area (TPSA) is 29.3 Å². The summed E-state index contributed by atoms with van der Waals surface area (Å²) in [5.74, 6) is -0.184. The van der Waals surface area contributed by atoms with E-state index >= 15 is 0 Å². The molecule has 19 heavy (non-hydrogen) atoms. The van der Waals surface area contributed by atoms with Gasteiger partial charge in [-0.1, -0.05) is 32.4 Å². The molecule has 1 rings (SSSR count). The Hall–Kier alpha value is -0.930. The van der Waals surface area contributed by atoms with E-state index in [0.717, 1.165) is 25.1 Å². The number of rotatable bonds is 8. The molecular weight excluding hydrogens is 239 g/mol. The molecule has 2 nitrogen and oxygen atoms in total. The SMILES string of the molecule is CCCCN(CC)C(C)(CN)Cc1ccc(F)cc1. The fraction of sp³-hybridized carbons (Fsp3) is 0.625. The summed E-state index contributed by atoms with van der Waals surface area (Å²) in [5.41, 5.74) is 7.11. The van der Waals surface area contributed by atoms with Crippen molar-refractivity contribution in [3.05, 3.63) is 35.6 Å². The normalized spacial score (nSPS) is 14.6. The van der Waals surface area contributed by atoms with Crippen LogP contribution in [0.4, 0.5) is 4.39 Å². The lowest BCUT2D eigenvalue weighted by Gasteiger charge is -2.40. The van der Waals surface area contributed by atoms with E-state index < -0.39 is 0 Å². The van der Waals surface area contributed by atoms with Gasteiger partial charge in [0.2, 0.25) is 0 Å². The Morgan fingerprint density at radius 3 is 2.32 bits per heavy atom. The van der Waals surface area contributed by atoms with E-state index in [4.69, 9.17) is 5.73 Å². The quantitative estimate of drug-likeness (QED) is 0.783. The molecule has 0 amide bonds. The molecule has 3 heteroatoms. The van der Waals surface area contributed by atoms with Crippen LogP contribution in [0.15, 0.2) is 24.3 Å². The molecule has 1 aromatic rings. The van der Waals surface area contributed by atoms with Crippen molar-refractivity contribution in [1.82, 2.24) is 4.90 Å². The first-order valence-corrected chi connectivity index (χ1v) is 7.25. The van der Waals surface area contributed by atoms with Crippen LogP contribution in [0, 0.1) is 5.82 Å². The van der Waals surface area contributed by atoms with Crippen LogP contribution in [0.1, 0.15) is 39.2 Å². The van der Waals surface area contributed by atoms with E-state index in [1.807, 2.05) is 12.1 Å². The largest absolute Gasteiger partial charge is 0.329 e. The highest BCUT2D eigenvalue weighted by atomic mass is 19.1. The van der Waals surface area contributed by atoms with Crippen molar-refractivity contribution in [2.75, 3.05) is 19.6 Å².